The van der Waals surface area contributed by atoms with Crippen LogP contribution < -0.4 is 9.47 Å². The Morgan fingerprint density at radius 2 is 2.00 bits per heavy atom. The Balaban J connectivity index is 2.85. The maximum Gasteiger partial charge on any atom is 0.163 e. The monoisotopic (exact) mass is 224 g/mol. The first-order chi connectivity index (χ1) is 7.69. The van der Waals surface area contributed by atoms with E-state index in [0.717, 1.165) is 0 Å². The Morgan fingerprint density at radius 1 is 1.25 bits per heavy atom. The molecule has 0 saturated carbocycles. The number of methoxy groups -OCH3 is 2. The molecule has 1 rings (SSSR count). The standard InChI is InChI=1S/C12H16O4/c1-9(13)11-8-10(15-3)4-5-12(11)16-7-6-14-2/h4-5,8H,6-7H2,1-3H3. The number of rotatable bonds is 6. The minimum Gasteiger partial charge on any atom is -0.497 e. The normalized spacial score (nSPS) is 9.94. The molecule has 1 aromatic rings. The first-order valence-electron chi connectivity index (χ1n) is 4.99. The van der Waals surface area contributed by atoms with Crippen LogP contribution in [0.5, 0.6) is 11.5 Å². The number of benzene rings is 1. The fraction of sp³-hybridized carbons (Fsp3) is 0.417. The maximum absolute atomic E-state index is 11.4. The fourth-order valence-electron chi connectivity index (χ4n) is 1.27. The molecule has 0 aliphatic carbocycles. The van der Waals surface area contributed by atoms with Crippen LogP contribution in [-0.2, 0) is 4.74 Å². The number of hydrogen-bond donors (Lipinski definition) is 0. The molecule has 0 heterocycles. The third kappa shape index (κ3) is 3.24. The number of hydrogen-bond acceptors (Lipinski definition) is 4. The van der Waals surface area contributed by atoms with Crippen molar-refractivity contribution >= 4 is 5.78 Å². The van der Waals surface area contributed by atoms with Gasteiger partial charge in [-0.1, -0.05) is 0 Å². The summed E-state index contributed by atoms with van der Waals surface area (Å²) < 4.78 is 15.4. The van der Waals surface area contributed by atoms with Gasteiger partial charge in [-0.3, -0.25) is 4.79 Å². The van der Waals surface area contributed by atoms with Crippen LogP contribution in [0.1, 0.15) is 17.3 Å². The maximum atomic E-state index is 11.4. The second kappa shape index (κ2) is 6.12. The van der Waals surface area contributed by atoms with E-state index in [4.69, 9.17) is 14.2 Å². The van der Waals surface area contributed by atoms with Crippen LogP contribution in [0.4, 0.5) is 0 Å². The zero-order valence-corrected chi connectivity index (χ0v) is 9.78. The molecular formula is C12H16O4. The summed E-state index contributed by atoms with van der Waals surface area (Å²) in [5.41, 5.74) is 0.524. The van der Waals surface area contributed by atoms with Crippen molar-refractivity contribution in [1.29, 1.82) is 0 Å². The molecule has 0 aliphatic heterocycles. The molecular weight excluding hydrogens is 208 g/mol. The van der Waals surface area contributed by atoms with Gasteiger partial charge in [0.15, 0.2) is 5.78 Å². The van der Waals surface area contributed by atoms with E-state index in [9.17, 15) is 4.79 Å². The Hall–Kier alpha value is -1.55. The van der Waals surface area contributed by atoms with Crippen molar-refractivity contribution in [2.75, 3.05) is 27.4 Å². The van der Waals surface area contributed by atoms with Crippen LogP contribution in [0.15, 0.2) is 18.2 Å². The molecule has 0 spiro atoms. The van der Waals surface area contributed by atoms with Crippen molar-refractivity contribution in [3.8, 4) is 11.5 Å². The van der Waals surface area contributed by atoms with E-state index in [1.807, 2.05) is 0 Å². The van der Waals surface area contributed by atoms with Crippen LogP contribution in [-0.4, -0.2) is 33.2 Å². The molecule has 0 unspecified atom stereocenters. The lowest BCUT2D eigenvalue weighted by atomic mass is 10.1. The molecule has 0 fully saturated rings. The van der Waals surface area contributed by atoms with Crippen molar-refractivity contribution in [2.45, 2.75) is 6.92 Å². The number of ketones is 1. The van der Waals surface area contributed by atoms with Gasteiger partial charge in [-0.2, -0.15) is 0 Å². The van der Waals surface area contributed by atoms with E-state index in [1.165, 1.54) is 6.92 Å². The molecule has 0 aliphatic rings. The van der Waals surface area contributed by atoms with Crippen LogP contribution in [0.3, 0.4) is 0 Å². The summed E-state index contributed by atoms with van der Waals surface area (Å²) >= 11 is 0. The zero-order valence-electron chi connectivity index (χ0n) is 9.78. The van der Waals surface area contributed by atoms with Gasteiger partial charge in [0.05, 0.1) is 19.3 Å². The average Bonchev–Trinajstić information content (AvgIpc) is 2.29. The van der Waals surface area contributed by atoms with Crippen molar-refractivity contribution in [2.24, 2.45) is 0 Å². The first kappa shape index (κ1) is 12.5. The Labute approximate surface area is 95.1 Å². The van der Waals surface area contributed by atoms with E-state index >= 15 is 0 Å². The van der Waals surface area contributed by atoms with Gasteiger partial charge in [-0.05, 0) is 25.1 Å². The molecule has 0 amide bonds. The van der Waals surface area contributed by atoms with Gasteiger partial charge in [0.25, 0.3) is 0 Å². The molecule has 0 aromatic heterocycles. The number of carbonyl (C=O) groups is 1. The lowest BCUT2D eigenvalue weighted by Crippen LogP contribution is -2.07. The third-order valence-corrected chi connectivity index (χ3v) is 2.11. The van der Waals surface area contributed by atoms with Crippen molar-refractivity contribution in [3.05, 3.63) is 23.8 Å². The predicted molar refractivity (Wildman–Crippen MR) is 60.4 cm³/mol. The van der Waals surface area contributed by atoms with Crippen LogP contribution >= 0.6 is 0 Å². The van der Waals surface area contributed by atoms with Gasteiger partial charge < -0.3 is 14.2 Å². The molecule has 0 bridgehead atoms. The van der Waals surface area contributed by atoms with Crippen LogP contribution in [0.25, 0.3) is 0 Å². The molecule has 0 atom stereocenters. The second-order valence-corrected chi connectivity index (χ2v) is 3.26. The SMILES string of the molecule is COCCOc1ccc(OC)cc1C(C)=O. The summed E-state index contributed by atoms with van der Waals surface area (Å²) in [5, 5.41) is 0. The van der Waals surface area contributed by atoms with E-state index in [1.54, 1.807) is 32.4 Å². The average molecular weight is 224 g/mol. The summed E-state index contributed by atoms with van der Waals surface area (Å²) in [5.74, 6) is 1.15. The third-order valence-electron chi connectivity index (χ3n) is 2.11. The zero-order chi connectivity index (χ0) is 12.0. The molecule has 88 valence electrons. The van der Waals surface area contributed by atoms with Crippen molar-refractivity contribution in [3.63, 3.8) is 0 Å². The van der Waals surface area contributed by atoms with Gasteiger partial charge in [0, 0.05) is 7.11 Å². The van der Waals surface area contributed by atoms with Gasteiger partial charge in [0.1, 0.15) is 18.1 Å². The van der Waals surface area contributed by atoms with Gasteiger partial charge in [0.2, 0.25) is 0 Å². The minimum atomic E-state index is -0.0497. The van der Waals surface area contributed by atoms with Crippen molar-refractivity contribution in [1.82, 2.24) is 0 Å². The molecule has 1 aromatic carbocycles. The second-order valence-electron chi connectivity index (χ2n) is 3.26. The van der Waals surface area contributed by atoms with Gasteiger partial charge >= 0.3 is 0 Å². The summed E-state index contributed by atoms with van der Waals surface area (Å²) in [4.78, 5) is 11.4. The summed E-state index contributed by atoms with van der Waals surface area (Å²) in [6.07, 6.45) is 0. The van der Waals surface area contributed by atoms with E-state index in [2.05, 4.69) is 0 Å². The van der Waals surface area contributed by atoms with E-state index in [-0.39, 0.29) is 5.78 Å². The summed E-state index contributed by atoms with van der Waals surface area (Å²) in [6.45, 7) is 2.41. The highest BCUT2D eigenvalue weighted by Gasteiger charge is 2.09. The first-order valence-corrected chi connectivity index (χ1v) is 4.99. The highest BCUT2D eigenvalue weighted by molar-refractivity contribution is 5.97. The highest BCUT2D eigenvalue weighted by Crippen LogP contribution is 2.24. The summed E-state index contributed by atoms with van der Waals surface area (Å²) in [6, 6.07) is 5.16. The number of ether oxygens (including phenoxy) is 3. The smallest absolute Gasteiger partial charge is 0.163 e. The van der Waals surface area contributed by atoms with Crippen LogP contribution in [0, 0.1) is 0 Å². The molecule has 0 radical (unpaired) electrons. The summed E-state index contributed by atoms with van der Waals surface area (Å²) in [7, 11) is 3.16. The quantitative estimate of drug-likeness (QED) is 0.547. The van der Waals surface area contributed by atoms with Crippen LogP contribution in [0.2, 0.25) is 0 Å². The van der Waals surface area contributed by atoms with E-state index < -0.39 is 0 Å². The van der Waals surface area contributed by atoms with Crippen molar-refractivity contribution < 1.29 is 19.0 Å². The minimum absolute atomic E-state index is 0.0497. The molecule has 16 heavy (non-hydrogen) atoms. The van der Waals surface area contributed by atoms with Gasteiger partial charge in [-0.25, -0.2) is 0 Å². The number of Topliss-reactive ketones (excluding diaryl/α,β-unsaturated/α-hetero) is 1. The van der Waals surface area contributed by atoms with Gasteiger partial charge in [-0.15, -0.1) is 0 Å². The molecule has 0 saturated heterocycles. The Kier molecular flexibility index (Phi) is 4.79. The highest BCUT2D eigenvalue weighted by atomic mass is 16.5. The Bertz CT molecular complexity index is 360. The van der Waals surface area contributed by atoms with E-state index in [0.29, 0.717) is 30.3 Å². The number of carbonyl (C=O) groups excluding carboxylic acids is 1. The predicted octanol–water partition coefficient (Wildman–Crippen LogP) is 1.92. The topological polar surface area (TPSA) is 44.8 Å². The largest absolute Gasteiger partial charge is 0.497 e. The fourth-order valence-corrected chi connectivity index (χ4v) is 1.27. The lowest BCUT2D eigenvalue weighted by molar-refractivity contribution is 0.100. The lowest BCUT2D eigenvalue weighted by Gasteiger charge is -2.10. The molecule has 4 heteroatoms. The Morgan fingerprint density at radius 3 is 2.56 bits per heavy atom. The molecule has 0 N–H and O–H groups in total. The molecule has 4 nitrogen and oxygen atoms in total.